The molecule has 1 atom stereocenters. The molecule has 1 fully saturated rings. The highest BCUT2D eigenvalue weighted by molar-refractivity contribution is 5.94. The number of carbonyl (C=O) groups is 1. The lowest BCUT2D eigenvalue weighted by Crippen LogP contribution is -2.44. The van der Waals surface area contributed by atoms with Crippen molar-refractivity contribution in [2.45, 2.75) is 32.2 Å². The molecule has 2 rings (SSSR count). The number of halogens is 1. The molecule has 1 heterocycles. The Balaban J connectivity index is 1.99. The smallest absolute Gasteiger partial charge is 0.253 e. The molecule has 1 aliphatic heterocycles. The first kappa shape index (κ1) is 14.0. The van der Waals surface area contributed by atoms with E-state index < -0.39 is 0 Å². The van der Waals surface area contributed by atoms with Crippen LogP contribution in [0.3, 0.4) is 0 Å². The topological polar surface area (TPSA) is 32.3 Å². The Morgan fingerprint density at radius 1 is 1.47 bits per heavy atom. The molecule has 1 amide bonds. The van der Waals surface area contributed by atoms with Crippen LogP contribution in [-0.2, 0) is 0 Å². The summed E-state index contributed by atoms with van der Waals surface area (Å²) < 4.78 is 13.2. The van der Waals surface area contributed by atoms with Gasteiger partial charge < -0.3 is 10.2 Å². The van der Waals surface area contributed by atoms with Gasteiger partial charge >= 0.3 is 0 Å². The summed E-state index contributed by atoms with van der Waals surface area (Å²) in [5.74, 6) is -0.316. The number of nitrogens with zero attached hydrogens (tertiary/aromatic N) is 1. The quantitative estimate of drug-likeness (QED) is 0.909. The van der Waals surface area contributed by atoms with Gasteiger partial charge in [-0.25, -0.2) is 4.39 Å². The lowest BCUT2D eigenvalue weighted by Gasteiger charge is -2.28. The van der Waals surface area contributed by atoms with Crippen LogP contribution in [0.5, 0.6) is 0 Å². The summed E-state index contributed by atoms with van der Waals surface area (Å²) in [7, 11) is 1.80. The largest absolute Gasteiger partial charge is 0.340 e. The van der Waals surface area contributed by atoms with Crippen molar-refractivity contribution in [2.75, 3.05) is 20.1 Å². The molecule has 1 aliphatic rings. The number of carbonyl (C=O) groups excluding carboxylic acids is 1. The Labute approximate surface area is 113 Å². The predicted molar refractivity (Wildman–Crippen MR) is 73.7 cm³/mol. The van der Waals surface area contributed by atoms with Gasteiger partial charge in [-0.2, -0.15) is 0 Å². The molecule has 19 heavy (non-hydrogen) atoms. The van der Waals surface area contributed by atoms with Crippen LogP contribution >= 0.6 is 0 Å². The monoisotopic (exact) mass is 264 g/mol. The minimum absolute atomic E-state index is 0.0459. The summed E-state index contributed by atoms with van der Waals surface area (Å²) in [5.41, 5.74) is 1.06. The molecule has 0 spiro atoms. The van der Waals surface area contributed by atoms with Crippen molar-refractivity contribution in [1.82, 2.24) is 10.2 Å². The second-order valence-corrected chi connectivity index (χ2v) is 5.30. The van der Waals surface area contributed by atoms with E-state index in [0.29, 0.717) is 23.7 Å². The van der Waals surface area contributed by atoms with Crippen molar-refractivity contribution < 1.29 is 9.18 Å². The molecule has 0 saturated carbocycles. The Bertz CT molecular complexity index is 455. The first-order chi connectivity index (χ1) is 9.08. The maximum absolute atomic E-state index is 13.2. The third-order valence-electron chi connectivity index (χ3n) is 3.66. The van der Waals surface area contributed by atoms with Gasteiger partial charge in [-0.3, -0.25) is 4.79 Å². The molecular formula is C15H21FN2O. The van der Waals surface area contributed by atoms with Crippen LogP contribution in [0.4, 0.5) is 4.39 Å². The normalized spacial score (nSPS) is 19.2. The summed E-state index contributed by atoms with van der Waals surface area (Å²) in [6, 6.07) is 4.90. The Kier molecular flexibility index (Phi) is 4.53. The van der Waals surface area contributed by atoms with Crippen molar-refractivity contribution >= 4 is 5.91 Å². The lowest BCUT2D eigenvalue weighted by atomic mass is 10.0. The van der Waals surface area contributed by atoms with Gasteiger partial charge in [0.2, 0.25) is 0 Å². The number of piperidine rings is 1. The second kappa shape index (κ2) is 6.15. The fourth-order valence-corrected chi connectivity index (χ4v) is 2.49. The van der Waals surface area contributed by atoms with Gasteiger partial charge in [-0.1, -0.05) is 6.42 Å². The van der Waals surface area contributed by atoms with Crippen molar-refractivity contribution in [3.63, 3.8) is 0 Å². The molecule has 1 unspecified atom stereocenters. The van der Waals surface area contributed by atoms with Crippen LogP contribution in [0, 0.1) is 12.7 Å². The third-order valence-corrected chi connectivity index (χ3v) is 3.66. The fourth-order valence-electron chi connectivity index (χ4n) is 2.49. The van der Waals surface area contributed by atoms with E-state index in [2.05, 4.69) is 5.32 Å². The van der Waals surface area contributed by atoms with E-state index in [4.69, 9.17) is 0 Å². The molecule has 104 valence electrons. The van der Waals surface area contributed by atoms with E-state index >= 15 is 0 Å². The first-order valence-corrected chi connectivity index (χ1v) is 6.83. The van der Waals surface area contributed by atoms with E-state index in [1.807, 2.05) is 0 Å². The van der Waals surface area contributed by atoms with Crippen molar-refractivity contribution in [3.05, 3.63) is 35.1 Å². The Morgan fingerprint density at radius 3 is 2.89 bits per heavy atom. The molecule has 0 radical (unpaired) electrons. The highest BCUT2D eigenvalue weighted by atomic mass is 19.1. The van der Waals surface area contributed by atoms with Crippen LogP contribution < -0.4 is 5.32 Å². The fraction of sp³-hybridized carbons (Fsp3) is 0.533. The van der Waals surface area contributed by atoms with E-state index in [-0.39, 0.29) is 11.7 Å². The molecular weight excluding hydrogens is 243 g/mol. The van der Waals surface area contributed by atoms with Gasteiger partial charge in [-0.15, -0.1) is 0 Å². The SMILES string of the molecule is Cc1cc(C(=O)N(C)CC2CCCCN2)ccc1F. The predicted octanol–water partition coefficient (Wildman–Crippen LogP) is 2.35. The lowest BCUT2D eigenvalue weighted by molar-refractivity contribution is 0.0775. The van der Waals surface area contributed by atoms with Crippen molar-refractivity contribution in [3.8, 4) is 0 Å². The molecule has 0 aliphatic carbocycles. The third kappa shape index (κ3) is 3.53. The van der Waals surface area contributed by atoms with Gasteiger partial charge in [0.25, 0.3) is 5.91 Å². The molecule has 0 bridgehead atoms. The number of nitrogens with one attached hydrogen (secondary N) is 1. The first-order valence-electron chi connectivity index (χ1n) is 6.83. The zero-order valence-electron chi connectivity index (χ0n) is 11.6. The number of hydrogen-bond donors (Lipinski definition) is 1. The average Bonchev–Trinajstić information content (AvgIpc) is 2.42. The van der Waals surface area contributed by atoms with E-state index in [1.54, 1.807) is 31.0 Å². The number of benzene rings is 1. The minimum Gasteiger partial charge on any atom is -0.340 e. The molecule has 0 aromatic heterocycles. The summed E-state index contributed by atoms with van der Waals surface area (Å²) in [5, 5.41) is 3.42. The van der Waals surface area contributed by atoms with Gasteiger partial charge in [0.1, 0.15) is 5.82 Å². The minimum atomic E-state index is -0.270. The summed E-state index contributed by atoms with van der Waals surface area (Å²) in [4.78, 5) is 14.0. The molecule has 1 aromatic rings. The summed E-state index contributed by atoms with van der Waals surface area (Å²) in [6.07, 6.45) is 3.54. The highest BCUT2D eigenvalue weighted by Crippen LogP contribution is 2.13. The van der Waals surface area contributed by atoms with Crippen LogP contribution in [0.25, 0.3) is 0 Å². The van der Waals surface area contributed by atoms with Crippen molar-refractivity contribution in [1.29, 1.82) is 0 Å². The highest BCUT2D eigenvalue weighted by Gasteiger charge is 2.19. The van der Waals surface area contributed by atoms with Gasteiger partial charge in [-0.05, 0) is 50.1 Å². The zero-order valence-corrected chi connectivity index (χ0v) is 11.6. The maximum atomic E-state index is 13.2. The Hall–Kier alpha value is -1.42. The van der Waals surface area contributed by atoms with Gasteiger partial charge in [0.15, 0.2) is 0 Å². The van der Waals surface area contributed by atoms with E-state index in [1.165, 1.54) is 18.9 Å². The van der Waals surface area contributed by atoms with Gasteiger partial charge in [0.05, 0.1) is 0 Å². The van der Waals surface area contributed by atoms with Crippen LogP contribution in [0.2, 0.25) is 0 Å². The number of aryl methyl sites for hydroxylation is 1. The molecule has 1 saturated heterocycles. The van der Waals surface area contributed by atoms with Gasteiger partial charge in [0, 0.05) is 25.2 Å². The molecule has 1 aromatic carbocycles. The molecule has 1 N–H and O–H groups in total. The maximum Gasteiger partial charge on any atom is 0.253 e. The van der Waals surface area contributed by atoms with Crippen LogP contribution in [0.1, 0.15) is 35.2 Å². The number of hydrogen-bond acceptors (Lipinski definition) is 2. The van der Waals surface area contributed by atoms with E-state index in [0.717, 1.165) is 13.0 Å². The number of likely N-dealkylation sites (N-methyl/N-ethyl adjacent to an activating group) is 1. The molecule has 4 heteroatoms. The van der Waals surface area contributed by atoms with E-state index in [9.17, 15) is 9.18 Å². The molecule has 3 nitrogen and oxygen atoms in total. The number of amides is 1. The summed E-state index contributed by atoms with van der Waals surface area (Å²) in [6.45, 7) is 3.41. The zero-order chi connectivity index (χ0) is 13.8. The van der Waals surface area contributed by atoms with Crippen LogP contribution in [0.15, 0.2) is 18.2 Å². The second-order valence-electron chi connectivity index (χ2n) is 5.30. The average molecular weight is 264 g/mol. The number of rotatable bonds is 3. The summed E-state index contributed by atoms with van der Waals surface area (Å²) >= 11 is 0. The standard InChI is InChI=1S/C15H21FN2O/c1-11-9-12(6-7-14(11)16)15(19)18(2)10-13-5-3-4-8-17-13/h6-7,9,13,17H,3-5,8,10H2,1-2H3. The van der Waals surface area contributed by atoms with Crippen LogP contribution in [-0.4, -0.2) is 37.0 Å². The Morgan fingerprint density at radius 2 is 2.26 bits per heavy atom. The van der Waals surface area contributed by atoms with Crippen molar-refractivity contribution in [2.24, 2.45) is 0 Å².